The molecule has 5 aromatic carbocycles. The fourth-order valence-electron chi connectivity index (χ4n) is 4.59. The number of anilines is 5. The third kappa shape index (κ3) is 6.39. The highest BCUT2D eigenvalue weighted by atomic mass is 15.1. The van der Waals surface area contributed by atoms with Crippen molar-refractivity contribution in [2.45, 2.75) is 25.7 Å². The first-order valence-electron chi connectivity index (χ1n) is 12.9. The zero-order valence-corrected chi connectivity index (χ0v) is 21.1. The van der Waals surface area contributed by atoms with E-state index in [0.717, 1.165) is 54.1 Å². The van der Waals surface area contributed by atoms with Crippen LogP contribution in [-0.2, 0) is 25.7 Å². The van der Waals surface area contributed by atoms with Gasteiger partial charge in [0.05, 0.1) is 0 Å². The van der Waals surface area contributed by atoms with E-state index < -0.39 is 0 Å². The third-order valence-electron chi connectivity index (χ3n) is 6.77. The quantitative estimate of drug-likeness (QED) is 0.210. The summed E-state index contributed by atoms with van der Waals surface area (Å²) in [5.41, 5.74) is 22.0. The molecule has 4 N–H and O–H groups in total. The van der Waals surface area contributed by atoms with Crippen LogP contribution in [0.4, 0.5) is 28.4 Å². The molecule has 0 saturated heterocycles. The van der Waals surface area contributed by atoms with E-state index in [1.54, 1.807) is 0 Å². The molecule has 0 atom stereocenters. The highest BCUT2D eigenvalue weighted by Gasteiger charge is 2.12. The van der Waals surface area contributed by atoms with E-state index in [1.807, 2.05) is 24.3 Å². The Balaban J connectivity index is 1.31. The molecule has 0 aliphatic carbocycles. The minimum Gasteiger partial charge on any atom is -0.399 e. The van der Waals surface area contributed by atoms with Crippen LogP contribution in [0.2, 0.25) is 0 Å². The van der Waals surface area contributed by atoms with Gasteiger partial charge >= 0.3 is 0 Å². The number of para-hydroxylation sites is 1. The van der Waals surface area contributed by atoms with Gasteiger partial charge in [0, 0.05) is 28.4 Å². The molecule has 0 saturated carbocycles. The number of nitrogens with two attached hydrogens (primary N) is 2. The van der Waals surface area contributed by atoms with Crippen molar-refractivity contribution in [1.82, 2.24) is 0 Å². The zero-order valence-electron chi connectivity index (χ0n) is 21.1. The first-order valence-corrected chi connectivity index (χ1v) is 12.9. The van der Waals surface area contributed by atoms with Gasteiger partial charge in [0.2, 0.25) is 0 Å². The summed E-state index contributed by atoms with van der Waals surface area (Å²) in [5.74, 6) is 0. The lowest BCUT2D eigenvalue weighted by Gasteiger charge is -2.26. The van der Waals surface area contributed by atoms with E-state index in [1.165, 1.54) is 22.3 Å². The molecule has 0 aromatic heterocycles. The Morgan fingerprint density at radius 1 is 0.351 bits per heavy atom. The molecule has 5 aromatic rings. The summed E-state index contributed by atoms with van der Waals surface area (Å²) in [7, 11) is 0. The van der Waals surface area contributed by atoms with Crippen LogP contribution >= 0.6 is 0 Å². The maximum absolute atomic E-state index is 5.82. The molecule has 0 amide bonds. The van der Waals surface area contributed by atoms with Crippen LogP contribution in [0.15, 0.2) is 127 Å². The van der Waals surface area contributed by atoms with Crippen LogP contribution in [0.3, 0.4) is 0 Å². The molecule has 0 bridgehead atoms. The van der Waals surface area contributed by atoms with Gasteiger partial charge in [0.1, 0.15) is 0 Å². The predicted molar refractivity (Wildman–Crippen MR) is 158 cm³/mol. The lowest BCUT2D eigenvalue weighted by Crippen LogP contribution is -2.10. The van der Waals surface area contributed by atoms with Gasteiger partial charge in [-0.25, -0.2) is 0 Å². The number of benzene rings is 5. The van der Waals surface area contributed by atoms with Crippen LogP contribution in [0.25, 0.3) is 0 Å². The van der Waals surface area contributed by atoms with Crippen molar-refractivity contribution in [3.8, 4) is 0 Å². The third-order valence-corrected chi connectivity index (χ3v) is 6.77. The van der Waals surface area contributed by atoms with Gasteiger partial charge in [-0.15, -0.1) is 0 Å². The molecule has 3 heteroatoms. The molecule has 37 heavy (non-hydrogen) atoms. The largest absolute Gasteiger partial charge is 0.399 e. The number of aryl methyl sites for hydroxylation is 4. The molecule has 0 fully saturated rings. The smallest absolute Gasteiger partial charge is 0.0461 e. The summed E-state index contributed by atoms with van der Waals surface area (Å²) in [6, 6.07) is 44.7. The minimum atomic E-state index is 0.809. The Morgan fingerprint density at radius 2 is 0.649 bits per heavy atom. The Bertz CT molecular complexity index is 1300. The lowest BCUT2D eigenvalue weighted by atomic mass is 10.0. The van der Waals surface area contributed by atoms with Crippen molar-refractivity contribution < 1.29 is 0 Å². The maximum Gasteiger partial charge on any atom is 0.0461 e. The summed E-state index contributed by atoms with van der Waals surface area (Å²) >= 11 is 0. The van der Waals surface area contributed by atoms with Gasteiger partial charge in [0.25, 0.3) is 0 Å². The molecule has 3 nitrogen and oxygen atoms in total. The SMILES string of the molecule is Nc1ccc(CCc2ccc(N(c3ccccc3)c3ccc(CCc4ccc(N)cc4)cc3)cc2)cc1. The average molecular weight is 484 g/mol. The van der Waals surface area contributed by atoms with E-state index in [2.05, 4.69) is 108 Å². The second kappa shape index (κ2) is 11.5. The van der Waals surface area contributed by atoms with Crippen LogP contribution < -0.4 is 16.4 Å². The van der Waals surface area contributed by atoms with E-state index in [0.29, 0.717) is 0 Å². The first kappa shape index (κ1) is 24.2. The number of rotatable bonds is 9. The molecule has 0 aliphatic rings. The number of nitrogens with zero attached hydrogens (tertiary/aromatic N) is 1. The first-order chi connectivity index (χ1) is 18.1. The van der Waals surface area contributed by atoms with Crippen molar-refractivity contribution in [1.29, 1.82) is 0 Å². The summed E-state index contributed by atoms with van der Waals surface area (Å²) in [6.45, 7) is 0. The Labute approximate surface area is 220 Å². The Hall–Kier alpha value is -4.50. The molecular formula is C34H33N3. The zero-order chi connectivity index (χ0) is 25.5. The van der Waals surface area contributed by atoms with Crippen molar-refractivity contribution in [3.63, 3.8) is 0 Å². The fourth-order valence-corrected chi connectivity index (χ4v) is 4.59. The van der Waals surface area contributed by atoms with Crippen LogP contribution in [0, 0.1) is 0 Å². The van der Waals surface area contributed by atoms with Crippen molar-refractivity contribution >= 4 is 28.4 Å². The minimum absolute atomic E-state index is 0.809. The van der Waals surface area contributed by atoms with Gasteiger partial charge in [-0.2, -0.15) is 0 Å². The van der Waals surface area contributed by atoms with Crippen LogP contribution in [-0.4, -0.2) is 0 Å². The lowest BCUT2D eigenvalue weighted by molar-refractivity contribution is 0.959. The van der Waals surface area contributed by atoms with Crippen molar-refractivity contribution in [2.24, 2.45) is 0 Å². The van der Waals surface area contributed by atoms with Gasteiger partial charge in [-0.1, -0.05) is 66.7 Å². The molecular weight excluding hydrogens is 450 g/mol. The molecule has 5 rings (SSSR count). The van der Waals surface area contributed by atoms with Gasteiger partial charge in [-0.3, -0.25) is 0 Å². The number of nitrogen functional groups attached to an aromatic ring is 2. The fraction of sp³-hybridized carbons (Fsp3) is 0.118. The van der Waals surface area contributed by atoms with Crippen LogP contribution in [0.1, 0.15) is 22.3 Å². The molecule has 184 valence electrons. The Kier molecular flexibility index (Phi) is 7.52. The van der Waals surface area contributed by atoms with Crippen molar-refractivity contribution in [3.05, 3.63) is 150 Å². The number of hydrogen-bond acceptors (Lipinski definition) is 3. The topological polar surface area (TPSA) is 55.3 Å². The standard InChI is InChI=1S/C34H33N3/c35-30-18-10-26(11-19-30)6-8-28-14-22-33(23-15-28)37(32-4-2-1-3-5-32)34-24-16-29(17-25-34)9-7-27-12-20-31(36)21-13-27/h1-5,10-25H,6-9,35-36H2. The van der Waals surface area contributed by atoms with Crippen LogP contribution in [0.5, 0.6) is 0 Å². The van der Waals surface area contributed by atoms with E-state index in [4.69, 9.17) is 11.5 Å². The molecule has 0 aliphatic heterocycles. The predicted octanol–water partition coefficient (Wildman–Crippen LogP) is 7.89. The molecule has 0 spiro atoms. The molecule has 0 radical (unpaired) electrons. The second-order valence-corrected chi connectivity index (χ2v) is 9.49. The van der Waals surface area contributed by atoms with E-state index in [-0.39, 0.29) is 0 Å². The van der Waals surface area contributed by atoms with Gasteiger partial charge < -0.3 is 16.4 Å². The van der Waals surface area contributed by atoms with Crippen molar-refractivity contribution in [2.75, 3.05) is 16.4 Å². The summed E-state index contributed by atoms with van der Waals surface area (Å²) in [5, 5.41) is 0. The highest BCUT2D eigenvalue weighted by molar-refractivity contribution is 5.76. The average Bonchev–Trinajstić information content (AvgIpc) is 2.95. The van der Waals surface area contributed by atoms with E-state index in [9.17, 15) is 0 Å². The highest BCUT2D eigenvalue weighted by Crippen LogP contribution is 2.34. The maximum atomic E-state index is 5.82. The summed E-state index contributed by atoms with van der Waals surface area (Å²) in [4.78, 5) is 2.31. The van der Waals surface area contributed by atoms with Gasteiger partial charge in [-0.05, 0) is 109 Å². The van der Waals surface area contributed by atoms with E-state index >= 15 is 0 Å². The second-order valence-electron chi connectivity index (χ2n) is 9.49. The molecule has 0 unspecified atom stereocenters. The monoisotopic (exact) mass is 483 g/mol. The summed E-state index contributed by atoms with van der Waals surface area (Å²) in [6.07, 6.45) is 4.00. The summed E-state index contributed by atoms with van der Waals surface area (Å²) < 4.78 is 0. The van der Waals surface area contributed by atoms with Gasteiger partial charge in [0.15, 0.2) is 0 Å². The Morgan fingerprint density at radius 3 is 1.00 bits per heavy atom. The normalized spacial score (nSPS) is 10.8. The number of hydrogen-bond donors (Lipinski definition) is 2. The molecule has 0 heterocycles.